The molecule has 2 heterocycles. The number of aromatic amines is 1. The Hall–Kier alpha value is -2.91. The van der Waals surface area contributed by atoms with Gasteiger partial charge in [0.25, 0.3) is 5.91 Å². The number of amides is 2. The molecule has 5 N–H and O–H groups in total. The molecule has 8 nitrogen and oxygen atoms in total. The zero-order valence-corrected chi connectivity index (χ0v) is 18.0. The van der Waals surface area contributed by atoms with E-state index in [-0.39, 0.29) is 25.1 Å². The Morgan fingerprint density at radius 2 is 1.91 bits per heavy atom. The number of hydrogen-bond acceptors (Lipinski definition) is 5. The number of benzene rings is 2. The zero-order chi connectivity index (χ0) is 22.9. The van der Waals surface area contributed by atoms with Gasteiger partial charge in [-0.25, -0.2) is 0 Å². The van der Waals surface area contributed by atoms with E-state index < -0.39 is 29.9 Å². The van der Waals surface area contributed by atoms with Crippen molar-refractivity contribution in [3.63, 3.8) is 0 Å². The van der Waals surface area contributed by atoms with Crippen molar-refractivity contribution in [1.29, 1.82) is 0 Å². The highest BCUT2D eigenvalue weighted by Crippen LogP contribution is 2.27. The topological polar surface area (TPSA) is 126 Å². The average molecular weight is 458 g/mol. The number of rotatable bonds is 6. The summed E-state index contributed by atoms with van der Waals surface area (Å²) in [4.78, 5) is 29.7. The zero-order valence-electron chi connectivity index (χ0n) is 17.2. The highest BCUT2D eigenvalue weighted by atomic mass is 35.5. The Morgan fingerprint density at radius 3 is 2.59 bits per heavy atom. The standard InChI is InChI=1S/C23H24ClN3O5/c24-17-7-8-18-16(11-17)12-19(25-18)21(29)26-22(30,13-15-5-2-1-3-6-15)14-20(28)27-10-4-9-23(27,31)32/h1-3,5-8,11-12,25,30-32H,4,9-10,13-14H2,(H,26,29)/t22-/m0/s1. The Morgan fingerprint density at radius 1 is 1.16 bits per heavy atom. The Labute approximate surface area is 189 Å². The molecule has 1 fully saturated rings. The third-order valence-electron chi connectivity index (χ3n) is 5.58. The van der Waals surface area contributed by atoms with Gasteiger partial charge in [-0.2, -0.15) is 0 Å². The Balaban J connectivity index is 1.59. The molecule has 2 aromatic carbocycles. The lowest BCUT2D eigenvalue weighted by Gasteiger charge is -2.33. The Kier molecular flexibility index (Phi) is 5.96. The molecular formula is C23H24ClN3O5. The molecule has 0 saturated carbocycles. The molecule has 1 aromatic heterocycles. The van der Waals surface area contributed by atoms with Gasteiger partial charge in [-0.3, -0.25) is 14.5 Å². The quantitative estimate of drug-likeness (QED) is 0.362. The van der Waals surface area contributed by atoms with Crippen LogP contribution in [0.3, 0.4) is 0 Å². The monoisotopic (exact) mass is 457 g/mol. The smallest absolute Gasteiger partial charge is 0.269 e. The number of aromatic nitrogens is 1. The summed E-state index contributed by atoms with van der Waals surface area (Å²) in [6.45, 7) is 0.157. The normalized spacial score (nSPS) is 17.3. The second-order valence-corrected chi connectivity index (χ2v) is 8.60. The van der Waals surface area contributed by atoms with Gasteiger partial charge in [0, 0.05) is 35.3 Å². The molecule has 0 aliphatic carbocycles. The number of likely N-dealkylation sites (tertiary alicyclic amines) is 1. The number of nitrogens with one attached hydrogen (secondary N) is 2. The van der Waals surface area contributed by atoms with E-state index in [1.54, 1.807) is 48.5 Å². The van der Waals surface area contributed by atoms with Crippen LogP contribution in [0.5, 0.6) is 0 Å². The molecule has 1 atom stereocenters. The highest BCUT2D eigenvalue weighted by Gasteiger charge is 2.43. The van der Waals surface area contributed by atoms with Gasteiger partial charge in [0.05, 0.1) is 6.42 Å². The van der Waals surface area contributed by atoms with Crippen molar-refractivity contribution in [2.24, 2.45) is 0 Å². The third kappa shape index (κ3) is 4.78. The second kappa shape index (κ2) is 8.55. The third-order valence-corrected chi connectivity index (χ3v) is 5.82. The van der Waals surface area contributed by atoms with Crippen molar-refractivity contribution in [1.82, 2.24) is 15.2 Å². The summed E-state index contributed by atoms with van der Waals surface area (Å²) in [5, 5.41) is 35.2. The summed E-state index contributed by atoms with van der Waals surface area (Å²) >= 11 is 6.01. The first-order valence-corrected chi connectivity index (χ1v) is 10.7. The molecule has 1 aliphatic rings. The fourth-order valence-electron chi connectivity index (χ4n) is 4.05. The number of nitrogens with zero attached hydrogens (tertiary/aromatic N) is 1. The maximum Gasteiger partial charge on any atom is 0.269 e. The SMILES string of the molecule is O=C(N[C@@](O)(CC(=O)N1CCCC1(O)O)Cc1ccccc1)c1cc2cc(Cl)ccc2[nH]1. The van der Waals surface area contributed by atoms with Crippen LogP contribution < -0.4 is 5.32 Å². The van der Waals surface area contributed by atoms with E-state index in [4.69, 9.17) is 11.6 Å². The minimum atomic E-state index is -2.26. The number of halogens is 1. The summed E-state index contributed by atoms with van der Waals surface area (Å²) in [7, 11) is 0. The maximum atomic E-state index is 13.0. The minimum Gasteiger partial charge on any atom is -0.370 e. The second-order valence-electron chi connectivity index (χ2n) is 8.16. The fraction of sp³-hybridized carbons (Fsp3) is 0.304. The number of carbonyl (C=O) groups is 2. The van der Waals surface area contributed by atoms with Gasteiger partial charge < -0.3 is 25.6 Å². The lowest BCUT2D eigenvalue weighted by Crippen LogP contribution is -2.55. The van der Waals surface area contributed by atoms with Crippen molar-refractivity contribution >= 4 is 34.3 Å². The average Bonchev–Trinajstić information content (AvgIpc) is 3.30. The van der Waals surface area contributed by atoms with Crippen molar-refractivity contribution < 1.29 is 24.9 Å². The first-order valence-electron chi connectivity index (χ1n) is 10.3. The van der Waals surface area contributed by atoms with Crippen LogP contribution in [0, 0.1) is 0 Å². The number of hydrogen-bond donors (Lipinski definition) is 5. The largest absolute Gasteiger partial charge is 0.370 e. The summed E-state index contributed by atoms with van der Waals surface area (Å²) in [6.07, 6.45) is -0.114. The van der Waals surface area contributed by atoms with Crippen LogP contribution in [0.2, 0.25) is 5.02 Å². The molecule has 9 heteroatoms. The molecule has 0 bridgehead atoms. The molecule has 0 unspecified atom stereocenters. The van der Waals surface area contributed by atoms with Gasteiger partial charge in [0.1, 0.15) is 5.69 Å². The first-order chi connectivity index (χ1) is 15.2. The van der Waals surface area contributed by atoms with Crippen LogP contribution in [-0.2, 0) is 11.2 Å². The van der Waals surface area contributed by atoms with Crippen LogP contribution >= 0.6 is 11.6 Å². The van der Waals surface area contributed by atoms with E-state index in [0.717, 1.165) is 10.3 Å². The molecule has 2 amide bonds. The van der Waals surface area contributed by atoms with E-state index in [9.17, 15) is 24.9 Å². The van der Waals surface area contributed by atoms with Gasteiger partial charge in [-0.05, 0) is 36.2 Å². The number of H-pyrrole nitrogens is 1. The number of aliphatic hydroxyl groups is 3. The van der Waals surface area contributed by atoms with Gasteiger partial charge in [0.2, 0.25) is 11.8 Å². The van der Waals surface area contributed by atoms with Crippen molar-refractivity contribution in [2.45, 2.75) is 37.3 Å². The van der Waals surface area contributed by atoms with E-state index in [2.05, 4.69) is 10.3 Å². The molecule has 0 radical (unpaired) electrons. The van der Waals surface area contributed by atoms with Crippen LogP contribution in [0.4, 0.5) is 0 Å². The van der Waals surface area contributed by atoms with Crippen LogP contribution in [0.1, 0.15) is 35.3 Å². The highest BCUT2D eigenvalue weighted by molar-refractivity contribution is 6.31. The number of fused-ring (bicyclic) bond motifs is 1. The first kappa shape index (κ1) is 22.3. The van der Waals surface area contributed by atoms with Crippen molar-refractivity contribution in [3.8, 4) is 0 Å². The predicted molar refractivity (Wildman–Crippen MR) is 119 cm³/mol. The van der Waals surface area contributed by atoms with Gasteiger partial charge in [-0.1, -0.05) is 41.9 Å². The summed E-state index contributed by atoms with van der Waals surface area (Å²) in [5.41, 5.74) is -0.360. The van der Waals surface area contributed by atoms with Crippen molar-refractivity contribution in [3.05, 3.63) is 70.9 Å². The van der Waals surface area contributed by atoms with Gasteiger partial charge in [-0.15, -0.1) is 0 Å². The molecule has 168 valence electrons. The molecular weight excluding hydrogens is 434 g/mol. The van der Waals surface area contributed by atoms with Gasteiger partial charge in [0.15, 0.2) is 5.72 Å². The van der Waals surface area contributed by atoms with Crippen LogP contribution in [-0.4, -0.2) is 55.2 Å². The van der Waals surface area contributed by atoms with E-state index in [1.807, 2.05) is 6.07 Å². The molecule has 4 rings (SSSR count). The lowest BCUT2D eigenvalue weighted by molar-refractivity contribution is -0.241. The van der Waals surface area contributed by atoms with Crippen molar-refractivity contribution in [2.75, 3.05) is 6.54 Å². The fourth-order valence-corrected chi connectivity index (χ4v) is 4.23. The van der Waals surface area contributed by atoms with Gasteiger partial charge >= 0.3 is 0 Å². The van der Waals surface area contributed by atoms with Crippen LogP contribution in [0.25, 0.3) is 10.9 Å². The molecule has 1 saturated heterocycles. The summed E-state index contributed by atoms with van der Waals surface area (Å²) in [5.74, 6) is -3.54. The van der Waals surface area contributed by atoms with E-state index >= 15 is 0 Å². The Bertz CT molecular complexity index is 1150. The van der Waals surface area contributed by atoms with E-state index in [1.165, 1.54) is 0 Å². The van der Waals surface area contributed by atoms with Crippen LogP contribution in [0.15, 0.2) is 54.6 Å². The molecule has 3 aromatic rings. The number of carbonyl (C=O) groups excluding carboxylic acids is 2. The summed E-state index contributed by atoms with van der Waals surface area (Å²) in [6, 6.07) is 15.7. The van der Waals surface area contributed by atoms with E-state index in [0.29, 0.717) is 22.5 Å². The predicted octanol–water partition coefficient (Wildman–Crippen LogP) is 2.13. The molecule has 1 aliphatic heterocycles. The minimum absolute atomic E-state index is 0.0276. The maximum absolute atomic E-state index is 13.0. The lowest BCUT2D eigenvalue weighted by atomic mass is 9.98. The molecule has 32 heavy (non-hydrogen) atoms. The molecule has 0 spiro atoms. The summed E-state index contributed by atoms with van der Waals surface area (Å²) < 4.78 is 0.